The van der Waals surface area contributed by atoms with Gasteiger partial charge in [0.15, 0.2) is 0 Å². The normalized spacial score (nSPS) is 18.8. The standard InChI is InChI=1S/C15H21NO2/c1-2-3-11-16(13-8-5-4-6-9-13)15(17)14-10-7-12-18-14/h4-6,8-9,14H,2-3,7,10-12H2,1H3/t14-/m1/s1. The highest BCUT2D eigenvalue weighted by Crippen LogP contribution is 2.20. The lowest BCUT2D eigenvalue weighted by molar-refractivity contribution is -0.127. The summed E-state index contributed by atoms with van der Waals surface area (Å²) in [7, 11) is 0. The molecule has 0 unspecified atom stereocenters. The molecule has 0 radical (unpaired) electrons. The molecule has 2 rings (SSSR count). The van der Waals surface area contributed by atoms with E-state index in [1.807, 2.05) is 35.2 Å². The molecule has 3 nitrogen and oxygen atoms in total. The van der Waals surface area contributed by atoms with E-state index in [0.717, 1.165) is 37.9 Å². The third-order valence-electron chi connectivity index (χ3n) is 3.27. The van der Waals surface area contributed by atoms with Crippen LogP contribution in [0.15, 0.2) is 30.3 Å². The molecule has 1 heterocycles. The smallest absolute Gasteiger partial charge is 0.256 e. The van der Waals surface area contributed by atoms with Crippen molar-refractivity contribution in [2.24, 2.45) is 0 Å². The number of anilines is 1. The van der Waals surface area contributed by atoms with E-state index >= 15 is 0 Å². The van der Waals surface area contributed by atoms with Gasteiger partial charge < -0.3 is 9.64 Å². The third kappa shape index (κ3) is 3.10. The van der Waals surface area contributed by atoms with Gasteiger partial charge in [-0.1, -0.05) is 31.5 Å². The van der Waals surface area contributed by atoms with Crippen LogP contribution in [0.5, 0.6) is 0 Å². The van der Waals surface area contributed by atoms with Gasteiger partial charge >= 0.3 is 0 Å². The zero-order chi connectivity index (χ0) is 12.8. The van der Waals surface area contributed by atoms with Crippen LogP contribution in [0.1, 0.15) is 32.6 Å². The van der Waals surface area contributed by atoms with Crippen molar-refractivity contribution >= 4 is 11.6 Å². The molecule has 1 atom stereocenters. The number of hydrogen-bond acceptors (Lipinski definition) is 2. The number of amides is 1. The lowest BCUT2D eigenvalue weighted by Gasteiger charge is -2.25. The van der Waals surface area contributed by atoms with E-state index in [1.54, 1.807) is 0 Å². The van der Waals surface area contributed by atoms with Crippen LogP contribution in [0.2, 0.25) is 0 Å². The van der Waals surface area contributed by atoms with Gasteiger partial charge in [-0.25, -0.2) is 0 Å². The Kier molecular flexibility index (Phi) is 4.76. The van der Waals surface area contributed by atoms with Crippen LogP contribution >= 0.6 is 0 Å². The zero-order valence-electron chi connectivity index (χ0n) is 11.0. The van der Waals surface area contributed by atoms with Crippen LogP contribution in [0.4, 0.5) is 5.69 Å². The van der Waals surface area contributed by atoms with E-state index in [4.69, 9.17) is 4.74 Å². The van der Waals surface area contributed by atoms with Crippen LogP contribution in [0.25, 0.3) is 0 Å². The van der Waals surface area contributed by atoms with Crippen molar-refractivity contribution in [2.45, 2.75) is 38.7 Å². The van der Waals surface area contributed by atoms with E-state index in [-0.39, 0.29) is 12.0 Å². The Morgan fingerprint density at radius 1 is 1.39 bits per heavy atom. The fourth-order valence-electron chi connectivity index (χ4n) is 2.24. The van der Waals surface area contributed by atoms with Gasteiger partial charge in [0.2, 0.25) is 0 Å². The first-order valence-corrected chi connectivity index (χ1v) is 6.81. The van der Waals surface area contributed by atoms with E-state index in [9.17, 15) is 4.79 Å². The summed E-state index contributed by atoms with van der Waals surface area (Å²) >= 11 is 0. The van der Waals surface area contributed by atoms with Gasteiger partial charge in [-0.3, -0.25) is 4.79 Å². The first kappa shape index (κ1) is 13.1. The third-order valence-corrected chi connectivity index (χ3v) is 3.27. The molecule has 1 saturated heterocycles. The number of benzene rings is 1. The minimum Gasteiger partial charge on any atom is -0.368 e. The topological polar surface area (TPSA) is 29.5 Å². The molecule has 1 aromatic rings. The second-order valence-electron chi connectivity index (χ2n) is 4.68. The van der Waals surface area contributed by atoms with Gasteiger partial charge in [0.1, 0.15) is 6.10 Å². The summed E-state index contributed by atoms with van der Waals surface area (Å²) in [6.45, 7) is 3.63. The number of rotatable bonds is 5. The van der Waals surface area contributed by atoms with E-state index in [1.165, 1.54) is 0 Å². The Morgan fingerprint density at radius 2 is 2.17 bits per heavy atom. The van der Waals surface area contributed by atoms with Crippen molar-refractivity contribution in [1.82, 2.24) is 0 Å². The molecule has 0 aliphatic carbocycles. The van der Waals surface area contributed by atoms with Gasteiger partial charge in [-0.2, -0.15) is 0 Å². The fraction of sp³-hybridized carbons (Fsp3) is 0.533. The second kappa shape index (κ2) is 6.55. The van der Waals surface area contributed by atoms with Crippen LogP contribution < -0.4 is 4.90 Å². The van der Waals surface area contributed by atoms with Crippen LogP contribution in [-0.4, -0.2) is 25.2 Å². The van der Waals surface area contributed by atoms with Crippen LogP contribution in [-0.2, 0) is 9.53 Å². The molecule has 0 bridgehead atoms. The Hall–Kier alpha value is -1.35. The number of ether oxygens (including phenoxy) is 1. The Balaban J connectivity index is 2.11. The van der Waals surface area contributed by atoms with Crippen molar-refractivity contribution in [3.8, 4) is 0 Å². The number of unbranched alkanes of at least 4 members (excludes halogenated alkanes) is 1. The van der Waals surface area contributed by atoms with Crippen LogP contribution in [0.3, 0.4) is 0 Å². The van der Waals surface area contributed by atoms with Gasteiger partial charge in [0.25, 0.3) is 5.91 Å². The molecule has 1 amide bonds. The average molecular weight is 247 g/mol. The summed E-state index contributed by atoms with van der Waals surface area (Å²) in [5, 5.41) is 0. The molecule has 1 aliphatic rings. The van der Waals surface area contributed by atoms with Gasteiger partial charge in [-0.05, 0) is 31.4 Å². The minimum atomic E-state index is -0.234. The average Bonchev–Trinajstić information content (AvgIpc) is 2.94. The number of carbonyl (C=O) groups excluding carboxylic acids is 1. The molecule has 18 heavy (non-hydrogen) atoms. The monoisotopic (exact) mass is 247 g/mol. The van der Waals surface area contributed by atoms with E-state index in [2.05, 4.69) is 6.92 Å². The number of hydrogen-bond donors (Lipinski definition) is 0. The maximum Gasteiger partial charge on any atom is 0.256 e. The van der Waals surface area contributed by atoms with Crippen molar-refractivity contribution in [3.63, 3.8) is 0 Å². The van der Waals surface area contributed by atoms with Crippen molar-refractivity contribution in [2.75, 3.05) is 18.1 Å². The van der Waals surface area contributed by atoms with Gasteiger partial charge in [-0.15, -0.1) is 0 Å². The van der Waals surface area contributed by atoms with Crippen molar-refractivity contribution in [1.29, 1.82) is 0 Å². The molecule has 1 aliphatic heterocycles. The Bertz CT molecular complexity index is 371. The largest absolute Gasteiger partial charge is 0.368 e. The van der Waals surface area contributed by atoms with Crippen molar-refractivity contribution < 1.29 is 9.53 Å². The number of carbonyl (C=O) groups is 1. The molecule has 3 heteroatoms. The molecular formula is C15H21NO2. The SMILES string of the molecule is CCCCN(C(=O)[C@H]1CCCO1)c1ccccc1. The first-order valence-electron chi connectivity index (χ1n) is 6.81. The molecule has 0 aromatic heterocycles. The summed E-state index contributed by atoms with van der Waals surface area (Å²) in [6.07, 6.45) is 3.72. The van der Waals surface area contributed by atoms with Gasteiger partial charge in [0, 0.05) is 18.8 Å². The van der Waals surface area contributed by atoms with Crippen molar-refractivity contribution in [3.05, 3.63) is 30.3 Å². The Labute approximate surface area is 109 Å². The molecule has 1 aromatic carbocycles. The second-order valence-corrected chi connectivity index (χ2v) is 4.68. The molecule has 1 fully saturated rings. The lowest BCUT2D eigenvalue weighted by atomic mass is 10.2. The maximum atomic E-state index is 12.5. The minimum absolute atomic E-state index is 0.118. The zero-order valence-corrected chi connectivity index (χ0v) is 11.0. The molecule has 0 spiro atoms. The van der Waals surface area contributed by atoms with E-state index in [0.29, 0.717) is 6.61 Å². The highest BCUT2D eigenvalue weighted by molar-refractivity contribution is 5.96. The van der Waals surface area contributed by atoms with Crippen LogP contribution in [0, 0.1) is 0 Å². The highest BCUT2D eigenvalue weighted by Gasteiger charge is 2.28. The first-order chi connectivity index (χ1) is 8.83. The molecule has 98 valence electrons. The quantitative estimate of drug-likeness (QED) is 0.800. The fourth-order valence-corrected chi connectivity index (χ4v) is 2.24. The highest BCUT2D eigenvalue weighted by atomic mass is 16.5. The predicted octanol–water partition coefficient (Wildman–Crippen LogP) is 3.00. The molecular weight excluding hydrogens is 226 g/mol. The Morgan fingerprint density at radius 3 is 2.78 bits per heavy atom. The summed E-state index contributed by atoms with van der Waals surface area (Å²) < 4.78 is 5.51. The van der Waals surface area contributed by atoms with Gasteiger partial charge in [0.05, 0.1) is 0 Å². The maximum absolute atomic E-state index is 12.5. The summed E-state index contributed by atoms with van der Waals surface area (Å²) in [5.41, 5.74) is 0.978. The number of para-hydroxylation sites is 1. The summed E-state index contributed by atoms with van der Waals surface area (Å²) in [4.78, 5) is 14.3. The predicted molar refractivity (Wildman–Crippen MR) is 72.7 cm³/mol. The summed E-state index contributed by atoms with van der Waals surface area (Å²) in [6, 6.07) is 9.89. The lowest BCUT2D eigenvalue weighted by Crippen LogP contribution is -2.39. The molecule has 0 N–H and O–H groups in total. The van der Waals surface area contributed by atoms with E-state index < -0.39 is 0 Å². The number of nitrogens with zero attached hydrogens (tertiary/aromatic N) is 1. The summed E-state index contributed by atoms with van der Waals surface area (Å²) in [5.74, 6) is 0.118. The molecule has 0 saturated carbocycles.